The molecule has 0 aliphatic carbocycles. The van der Waals surface area contributed by atoms with Gasteiger partial charge in [0.15, 0.2) is 11.5 Å². The molecular formula is C21H19BrO3. The second-order valence-corrected chi connectivity index (χ2v) is 7.02. The molecule has 0 amide bonds. The largest absolute Gasteiger partial charge is 0.504 e. The third-order valence-electron chi connectivity index (χ3n) is 4.43. The van der Waals surface area contributed by atoms with E-state index in [4.69, 9.17) is 0 Å². The van der Waals surface area contributed by atoms with E-state index >= 15 is 0 Å². The molecule has 0 aliphatic heterocycles. The van der Waals surface area contributed by atoms with Gasteiger partial charge in [0, 0.05) is 27.9 Å². The first-order chi connectivity index (χ1) is 12.0. The molecule has 0 saturated heterocycles. The van der Waals surface area contributed by atoms with Gasteiger partial charge in [-0.15, -0.1) is 0 Å². The fourth-order valence-corrected chi connectivity index (χ4v) is 3.20. The topological polar surface area (TPSA) is 60.7 Å². The molecule has 25 heavy (non-hydrogen) atoms. The Kier molecular flexibility index (Phi) is 5.00. The van der Waals surface area contributed by atoms with Crippen molar-refractivity contribution in [2.75, 3.05) is 0 Å². The Morgan fingerprint density at radius 1 is 0.840 bits per heavy atom. The van der Waals surface area contributed by atoms with Crippen LogP contribution in [0.3, 0.4) is 0 Å². The number of phenolic OH excluding ortho intramolecular Hbond substituents is 3. The van der Waals surface area contributed by atoms with Crippen LogP contribution in [0, 0.1) is 0 Å². The quantitative estimate of drug-likeness (QED) is 0.521. The maximum Gasteiger partial charge on any atom is 0.200 e. The minimum absolute atomic E-state index is 0.114. The maximum atomic E-state index is 10.3. The van der Waals surface area contributed by atoms with Crippen molar-refractivity contribution in [3.8, 4) is 17.2 Å². The first-order valence-electron chi connectivity index (χ1n) is 8.03. The lowest BCUT2D eigenvalue weighted by Gasteiger charge is -2.18. The number of phenols is 3. The highest BCUT2D eigenvalue weighted by molar-refractivity contribution is 9.10. The molecule has 0 saturated carbocycles. The van der Waals surface area contributed by atoms with Gasteiger partial charge in [-0.1, -0.05) is 65.3 Å². The number of hydrogen-bond acceptors (Lipinski definition) is 3. The molecule has 0 radical (unpaired) electrons. The van der Waals surface area contributed by atoms with Crippen LogP contribution in [0.5, 0.6) is 17.2 Å². The summed E-state index contributed by atoms with van der Waals surface area (Å²) in [6, 6.07) is 19.3. The zero-order chi connectivity index (χ0) is 18.0. The van der Waals surface area contributed by atoms with Crippen LogP contribution in [0.25, 0.3) is 0 Å². The van der Waals surface area contributed by atoms with Crippen molar-refractivity contribution in [3.05, 3.63) is 87.4 Å². The zero-order valence-corrected chi connectivity index (χ0v) is 15.4. The van der Waals surface area contributed by atoms with E-state index in [9.17, 15) is 15.3 Å². The van der Waals surface area contributed by atoms with Gasteiger partial charge in [0.2, 0.25) is 5.75 Å². The molecule has 4 heteroatoms. The maximum absolute atomic E-state index is 10.3. The van der Waals surface area contributed by atoms with Crippen molar-refractivity contribution < 1.29 is 15.3 Å². The highest BCUT2D eigenvalue weighted by atomic mass is 79.9. The summed E-state index contributed by atoms with van der Waals surface area (Å²) >= 11 is 3.40. The first-order valence-corrected chi connectivity index (χ1v) is 8.82. The number of halogens is 1. The van der Waals surface area contributed by atoms with Crippen LogP contribution >= 0.6 is 15.9 Å². The predicted octanol–water partition coefficient (Wildman–Crippen LogP) is 5.31. The lowest BCUT2D eigenvalue weighted by Crippen LogP contribution is -1.99. The Hall–Kier alpha value is -2.46. The number of hydrogen-bond donors (Lipinski definition) is 3. The van der Waals surface area contributed by atoms with E-state index < -0.39 is 5.75 Å². The molecular weight excluding hydrogens is 380 g/mol. The summed E-state index contributed by atoms with van der Waals surface area (Å²) in [6.45, 7) is 1.96. The van der Waals surface area contributed by atoms with Crippen LogP contribution in [0.1, 0.15) is 35.1 Å². The summed E-state index contributed by atoms with van der Waals surface area (Å²) in [5, 5.41) is 30.8. The van der Waals surface area contributed by atoms with Crippen LogP contribution in [0.4, 0.5) is 0 Å². The molecule has 0 heterocycles. The van der Waals surface area contributed by atoms with Crippen molar-refractivity contribution in [1.82, 2.24) is 0 Å². The molecule has 0 aromatic heterocycles. The summed E-state index contributed by atoms with van der Waals surface area (Å²) in [6.07, 6.45) is 0.460. The van der Waals surface area contributed by atoms with Gasteiger partial charge in [0.05, 0.1) is 0 Å². The Labute approximate surface area is 155 Å². The third-order valence-corrected chi connectivity index (χ3v) is 4.96. The Morgan fingerprint density at radius 3 is 2.12 bits per heavy atom. The highest BCUT2D eigenvalue weighted by Gasteiger charge is 2.21. The monoisotopic (exact) mass is 398 g/mol. The summed E-state index contributed by atoms with van der Waals surface area (Å²) in [4.78, 5) is 0. The van der Waals surface area contributed by atoms with Crippen LogP contribution < -0.4 is 0 Å². The Morgan fingerprint density at radius 2 is 1.48 bits per heavy atom. The third kappa shape index (κ3) is 3.64. The van der Waals surface area contributed by atoms with E-state index in [2.05, 4.69) is 15.9 Å². The van der Waals surface area contributed by atoms with Crippen LogP contribution in [-0.2, 0) is 6.42 Å². The Balaban J connectivity index is 2.02. The fourth-order valence-electron chi connectivity index (χ4n) is 2.93. The molecule has 3 aromatic carbocycles. The van der Waals surface area contributed by atoms with Gasteiger partial charge in [-0.3, -0.25) is 0 Å². The van der Waals surface area contributed by atoms with Gasteiger partial charge < -0.3 is 15.3 Å². The number of aromatic hydroxyl groups is 3. The molecule has 128 valence electrons. The minimum Gasteiger partial charge on any atom is -0.504 e. The van der Waals surface area contributed by atoms with Crippen LogP contribution in [0.2, 0.25) is 0 Å². The smallest absolute Gasteiger partial charge is 0.200 e. The SMILES string of the molecule is CC(c1ccccc1)c1cc(Cc2ccc(Br)cc2)c(O)c(O)c1O. The summed E-state index contributed by atoms with van der Waals surface area (Å²) in [5.74, 6) is -1.12. The van der Waals surface area contributed by atoms with Gasteiger partial charge >= 0.3 is 0 Å². The second kappa shape index (κ2) is 7.19. The average Bonchev–Trinajstić information content (AvgIpc) is 2.64. The molecule has 3 N–H and O–H groups in total. The number of benzene rings is 3. The Bertz CT molecular complexity index is 874. The molecule has 0 fully saturated rings. The standard InChI is InChI=1S/C21H19BrO3/c1-13(15-5-3-2-4-6-15)18-12-16(19(23)21(25)20(18)24)11-14-7-9-17(22)10-8-14/h2-10,12-13,23-25H,11H2,1H3. The van der Waals surface area contributed by atoms with Crippen molar-refractivity contribution in [3.63, 3.8) is 0 Å². The molecule has 0 spiro atoms. The lowest BCUT2D eigenvalue weighted by molar-refractivity contribution is 0.362. The fraction of sp³-hybridized carbons (Fsp3) is 0.143. The second-order valence-electron chi connectivity index (χ2n) is 6.11. The number of rotatable bonds is 4. The normalized spacial score (nSPS) is 12.1. The molecule has 0 bridgehead atoms. The molecule has 3 nitrogen and oxygen atoms in total. The summed E-state index contributed by atoms with van der Waals surface area (Å²) in [5.41, 5.74) is 3.20. The molecule has 3 rings (SSSR count). The van der Waals surface area contributed by atoms with E-state index in [1.807, 2.05) is 61.5 Å². The van der Waals surface area contributed by atoms with Gasteiger partial charge in [0.25, 0.3) is 0 Å². The van der Waals surface area contributed by atoms with Gasteiger partial charge in [-0.05, 0) is 29.3 Å². The van der Waals surface area contributed by atoms with Crippen molar-refractivity contribution in [2.24, 2.45) is 0 Å². The van der Waals surface area contributed by atoms with E-state index in [-0.39, 0.29) is 17.4 Å². The van der Waals surface area contributed by atoms with Crippen molar-refractivity contribution in [1.29, 1.82) is 0 Å². The van der Waals surface area contributed by atoms with Gasteiger partial charge in [0.1, 0.15) is 0 Å². The van der Waals surface area contributed by atoms with Crippen LogP contribution in [0.15, 0.2) is 65.1 Å². The van der Waals surface area contributed by atoms with E-state index in [0.717, 1.165) is 15.6 Å². The zero-order valence-electron chi connectivity index (χ0n) is 13.8. The van der Waals surface area contributed by atoms with E-state index in [1.165, 1.54) is 0 Å². The minimum atomic E-state index is -0.465. The summed E-state index contributed by atoms with van der Waals surface area (Å²) in [7, 11) is 0. The van der Waals surface area contributed by atoms with Crippen molar-refractivity contribution >= 4 is 15.9 Å². The molecule has 0 aliphatic rings. The average molecular weight is 399 g/mol. The van der Waals surface area contributed by atoms with Crippen LogP contribution in [-0.4, -0.2) is 15.3 Å². The highest BCUT2D eigenvalue weighted by Crippen LogP contribution is 2.45. The predicted molar refractivity (Wildman–Crippen MR) is 102 cm³/mol. The van der Waals surface area contributed by atoms with E-state index in [0.29, 0.717) is 17.5 Å². The molecule has 1 unspecified atom stereocenters. The molecule has 3 aromatic rings. The first kappa shape index (κ1) is 17.4. The summed E-state index contributed by atoms with van der Waals surface area (Å²) < 4.78 is 0.979. The molecule has 1 atom stereocenters. The van der Waals surface area contributed by atoms with Gasteiger partial charge in [-0.2, -0.15) is 0 Å². The lowest BCUT2D eigenvalue weighted by atomic mass is 9.89. The van der Waals surface area contributed by atoms with E-state index in [1.54, 1.807) is 6.07 Å². The van der Waals surface area contributed by atoms with Gasteiger partial charge in [-0.25, -0.2) is 0 Å². The van der Waals surface area contributed by atoms with Crippen molar-refractivity contribution in [2.45, 2.75) is 19.3 Å².